The van der Waals surface area contributed by atoms with Crippen LogP contribution >= 0.6 is 0 Å². The van der Waals surface area contributed by atoms with Crippen molar-refractivity contribution >= 4 is 5.78 Å². The van der Waals surface area contributed by atoms with Crippen LogP contribution in [0.4, 0.5) is 0 Å². The minimum absolute atomic E-state index is 0.131. The highest BCUT2D eigenvalue weighted by Gasteiger charge is 2.22. The van der Waals surface area contributed by atoms with Crippen molar-refractivity contribution in [1.29, 1.82) is 0 Å². The summed E-state index contributed by atoms with van der Waals surface area (Å²) in [5.74, 6) is 0.740. The van der Waals surface area contributed by atoms with E-state index in [4.69, 9.17) is 14.2 Å². The fraction of sp³-hybridized carbons (Fsp3) is 0.500. The second-order valence-electron chi connectivity index (χ2n) is 4.03. The van der Waals surface area contributed by atoms with E-state index in [-0.39, 0.29) is 5.78 Å². The zero-order valence-corrected chi connectivity index (χ0v) is 10.8. The molecule has 0 aliphatic carbocycles. The molecule has 1 aromatic carbocycles. The third-order valence-electron chi connectivity index (χ3n) is 2.82. The van der Waals surface area contributed by atoms with Crippen LogP contribution in [0, 0.1) is 0 Å². The molecule has 0 saturated carbocycles. The minimum atomic E-state index is -0.805. The maximum absolute atomic E-state index is 12.2. The first-order valence-corrected chi connectivity index (χ1v) is 6.29. The molecule has 1 heterocycles. The van der Waals surface area contributed by atoms with E-state index in [1.165, 1.54) is 0 Å². The van der Waals surface area contributed by atoms with Gasteiger partial charge in [0, 0.05) is 25.2 Å². The highest BCUT2D eigenvalue weighted by Crippen LogP contribution is 2.26. The van der Waals surface area contributed by atoms with Crippen LogP contribution in [0.1, 0.15) is 29.8 Å². The summed E-state index contributed by atoms with van der Waals surface area (Å²) < 4.78 is 16.0. The van der Waals surface area contributed by atoms with Gasteiger partial charge in [-0.2, -0.15) is 0 Å². The Morgan fingerprint density at radius 2 is 2.06 bits per heavy atom. The Balaban J connectivity index is 2.16. The molecule has 18 heavy (non-hydrogen) atoms. The van der Waals surface area contributed by atoms with Gasteiger partial charge in [-0.15, -0.1) is 0 Å². The van der Waals surface area contributed by atoms with Gasteiger partial charge in [0.05, 0.1) is 6.61 Å². The molecule has 0 N–H and O–H groups in total. The second-order valence-corrected chi connectivity index (χ2v) is 4.03. The zero-order chi connectivity index (χ0) is 13.0. The van der Waals surface area contributed by atoms with Crippen LogP contribution in [0.15, 0.2) is 18.2 Å². The van der Waals surface area contributed by atoms with Gasteiger partial charge >= 0.3 is 0 Å². The van der Waals surface area contributed by atoms with Crippen LogP contribution in [0.2, 0.25) is 0 Å². The van der Waals surface area contributed by atoms with E-state index in [1.54, 1.807) is 6.07 Å². The summed E-state index contributed by atoms with van der Waals surface area (Å²) in [5.41, 5.74) is 1.69. The van der Waals surface area contributed by atoms with E-state index in [2.05, 4.69) is 0 Å². The molecule has 0 fully saturated rings. The van der Waals surface area contributed by atoms with Gasteiger partial charge in [0.1, 0.15) is 5.75 Å². The molecule has 0 bridgehead atoms. The van der Waals surface area contributed by atoms with Crippen molar-refractivity contribution in [3.05, 3.63) is 29.3 Å². The fourth-order valence-electron chi connectivity index (χ4n) is 1.98. The fourth-order valence-corrected chi connectivity index (χ4v) is 1.98. The summed E-state index contributed by atoms with van der Waals surface area (Å²) in [4.78, 5) is 12.2. The summed E-state index contributed by atoms with van der Waals surface area (Å²) in [7, 11) is 0. The number of hydrogen-bond donors (Lipinski definition) is 0. The number of benzene rings is 1. The molecule has 0 saturated heterocycles. The molecule has 1 aromatic rings. The number of Topliss-reactive ketones (excluding diaryl/α,β-unsaturated/α-hetero) is 1. The number of rotatable bonds is 6. The van der Waals surface area contributed by atoms with E-state index in [1.807, 2.05) is 26.0 Å². The maximum atomic E-state index is 12.2. The summed E-state index contributed by atoms with van der Waals surface area (Å²) in [6.07, 6.45) is 0.0464. The van der Waals surface area contributed by atoms with Crippen LogP contribution in [0.3, 0.4) is 0 Å². The Morgan fingerprint density at radius 3 is 2.72 bits per heavy atom. The van der Waals surface area contributed by atoms with Crippen LogP contribution in [-0.2, 0) is 15.9 Å². The normalized spacial score (nSPS) is 13.5. The van der Waals surface area contributed by atoms with E-state index >= 15 is 0 Å². The molecule has 4 nitrogen and oxygen atoms in total. The molecule has 4 heteroatoms. The third-order valence-corrected chi connectivity index (χ3v) is 2.82. The molecule has 1 aliphatic rings. The number of ether oxygens (including phenoxy) is 3. The summed E-state index contributed by atoms with van der Waals surface area (Å²) in [5, 5.41) is 0. The molecule has 0 aromatic heterocycles. The SMILES string of the molecule is CCOC(OCC)C(=O)c1ccc2c(c1)CCO2. The summed E-state index contributed by atoms with van der Waals surface area (Å²) in [6.45, 7) is 5.27. The number of carbonyl (C=O) groups excluding carboxylic acids is 1. The van der Waals surface area contributed by atoms with Crippen molar-refractivity contribution in [3.63, 3.8) is 0 Å². The van der Waals surface area contributed by atoms with Gasteiger partial charge in [-0.25, -0.2) is 0 Å². The lowest BCUT2D eigenvalue weighted by molar-refractivity contribution is -0.107. The van der Waals surface area contributed by atoms with E-state index in [0.29, 0.717) is 25.4 Å². The lowest BCUT2D eigenvalue weighted by Crippen LogP contribution is -2.27. The molecule has 0 atom stereocenters. The highest BCUT2D eigenvalue weighted by molar-refractivity contribution is 5.99. The molecular formula is C14H18O4. The molecule has 2 rings (SSSR count). The van der Waals surface area contributed by atoms with Crippen molar-refractivity contribution in [2.45, 2.75) is 26.6 Å². The molecule has 0 amide bonds. The Morgan fingerprint density at radius 1 is 1.33 bits per heavy atom. The highest BCUT2D eigenvalue weighted by atomic mass is 16.7. The monoisotopic (exact) mass is 250 g/mol. The summed E-state index contributed by atoms with van der Waals surface area (Å²) in [6, 6.07) is 5.47. The maximum Gasteiger partial charge on any atom is 0.222 e. The first-order valence-electron chi connectivity index (χ1n) is 6.29. The van der Waals surface area contributed by atoms with Gasteiger partial charge in [0.15, 0.2) is 0 Å². The van der Waals surface area contributed by atoms with Gasteiger partial charge in [-0.3, -0.25) is 4.79 Å². The number of hydrogen-bond acceptors (Lipinski definition) is 4. The van der Waals surface area contributed by atoms with Crippen LogP contribution in [-0.4, -0.2) is 31.9 Å². The molecular weight excluding hydrogens is 232 g/mol. The molecule has 1 aliphatic heterocycles. The number of carbonyl (C=O) groups is 1. The Bertz CT molecular complexity index is 422. The lowest BCUT2D eigenvalue weighted by atomic mass is 10.1. The summed E-state index contributed by atoms with van der Waals surface area (Å²) >= 11 is 0. The van der Waals surface area contributed by atoms with E-state index < -0.39 is 6.29 Å². The van der Waals surface area contributed by atoms with E-state index in [0.717, 1.165) is 17.7 Å². The van der Waals surface area contributed by atoms with Crippen molar-refractivity contribution < 1.29 is 19.0 Å². The van der Waals surface area contributed by atoms with Crippen molar-refractivity contribution in [2.75, 3.05) is 19.8 Å². The van der Waals surface area contributed by atoms with Crippen LogP contribution < -0.4 is 4.74 Å². The van der Waals surface area contributed by atoms with Gasteiger partial charge in [-0.05, 0) is 37.6 Å². The Labute approximate surface area is 107 Å². The van der Waals surface area contributed by atoms with Gasteiger partial charge in [0.2, 0.25) is 12.1 Å². The Kier molecular flexibility index (Phi) is 4.33. The smallest absolute Gasteiger partial charge is 0.222 e. The van der Waals surface area contributed by atoms with Crippen LogP contribution in [0.25, 0.3) is 0 Å². The van der Waals surface area contributed by atoms with Gasteiger partial charge in [-0.1, -0.05) is 0 Å². The van der Waals surface area contributed by atoms with Crippen molar-refractivity contribution in [2.24, 2.45) is 0 Å². The average molecular weight is 250 g/mol. The lowest BCUT2D eigenvalue weighted by Gasteiger charge is -2.15. The van der Waals surface area contributed by atoms with Crippen molar-refractivity contribution in [1.82, 2.24) is 0 Å². The largest absolute Gasteiger partial charge is 0.493 e. The molecule has 0 unspecified atom stereocenters. The van der Waals surface area contributed by atoms with E-state index in [9.17, 15) is 4.79 Å². The standard InChI is InChI=1S/C14H18O4/c1-3-16-14(17-4-2)13(15)11-5-6-12-10(9-11)7-8-18-12/h5-6,9,14H,3-4,7-8H2,1-2H3. The molecule has 0 radical (unpaired) electrons. The third kappa shape index (κ3) is 2.71. The zero-order valence-electron chi connectivity index (χ0n) is 10.8. The predicted molar refractivity (Wildman–Crippen MR) is 67.0 cm³/mol. The number of ketones is 1. The van der Waals surface area contributed by atoms with Gasteiger partial charge in [0.25, 0.3) is 0 Å². The second kappa shape index (κ2) is 5.98. The Hall–Kier alpha value is -1.39. The minimum Gasteiger partial charge on any atom is -0.493 e. The average Bonchev–Trinajstić information content (AvgIpc) is 2.84. The van der Waals surface area contributed by atoms with Crippen LogP contribution in [0.5, 0.6) is 5.75 Å². The number of fused-ring (bicyclic) bond motifs is 1. The molecule has 0 spiro atoms. The quantitative estimate of drug-likeness (QED) is 0.573. The predicted octanol–water partition coefficient (Wildman–Crippen LogP) is 2.20. The first kappa shape index (κ1) is 13.1. The van der Waals surface area contributed by atoms with Gasteiger partial charge < -0.3 is 14.2 Å². The topological polar surface area (TPSA) is 44.8 Å². The molecule has 98 valence electrons. The first-order chi connectivity index (χ1) is 8.76. The van der Waals surface area contributed by atoms with Crippen molar-refractivity contribution in [3.8, 4) is 5.75 Å².